The largest absolute Gasteiger partial charge is 0.428 e. The topological polar surface area (TPSA) is 52.6 Å². The maximum absolute atomic E-state index is 11.8. The number of ether oxygens (including phenoxy) is 2. The summed E-state index contributed by atoms with van der Waals surface area (Å²) in [5, 5.41) is 0. The van der Waals surface area contributed by atoms with Gasteiger partial charge in [0.15, 0.2) is 0 Å². The van der Waals surface area contributed by atoms with Crippen molar-refractivity contribution in [1.29, 1.82) is 0 Å². The van der Waals surface area contributed by atoms with E-state index < -0.39 is 0 Å². The fourth-order valence-corrected chi connectivity index (χ4v) is 3.84. The summed E-state index contributed by atoms with van der Waals surface area (Å²) in [6.45, 7) is 18.8. The molecule has 0 saturated carbocycles. The number of hydrogen-bond donors (Lipinski definition) is 0. The molecule has 0 saturated heterocycles. The van der Waals surface area contributed by atoms with E-state index in [1.54, 1.807) is 0 Å². The molecule has 0 fully saturated rings. The van der Waals surface area contributed by atoms with Crippen LogP contribution in [-0.2, 0) is 9.59 Å². The molecule has 2 aromatic rings. The number of esters is 1. The molecule has 4 heteroatoms. The lowest BCUT2D eigenvalue weighted by atomic mass is 9.86. The second-order valence-corrected chi connectivity index (χ2v) is 9.39. The van der Waals surface area contributed by atoms with Gasteiger partial charge in [-0.05, 0) is 81.3 Å². The second kappa shape index (κ2) is 10.1. The van der Waals surface area contributed by atoms with Crippen LogP contribution in [0, 0.1) is 0 Å². The maximum Gasteiger partial charge on any atom is 0.308 e. The van der Waals surface area contributed by atoms with Gasteiger partial charge in [-0.15, -0.1) is 0 Å². The smallest absolute Gasteiger partial charge is 0.308 e. The average molecular weight is 425 g/mol. The molecule has 0 amide bonds. The third-order valence-electron chi connectivity index (χ3n) is 5.53. The summed E-state index contributed by atoms with van der Waals surface area (Å²) in [6, 6.07) is 8.48. The van der Waals surface area contributed by atoms with Gasteiger partial charge in [0.2, 0.25) is 0 Å². The van der Waals surface area contributed by atoms with Gasteiger partial charge in [0, 0.05) is 6.92 Å². The molecule has 0 N–H and O–H groups in total. The molecule has 2 aromatic carbocycles. The Balaban J connectivity index is 2.86. The Hall–Kier alpha value is -2.62. The lowest BCUT2D eigenvalue weighted by molar-refractivity contribution is -0.132. The van der Waals surface area contributed by atoms with Gasteiger partial charge in [-0.3, -0.25) is 9.59 Å². The molecule has 2 rings (SSSR count). The molecule has 0 spiro atoms. The Kier molecular flexibility index (Phi) is 8.05. The van der Waals surface area contributed by atoms with Crippen molar-refractivity contribution in [3.63, 3.8) is 0 Å². The highest BCUT2D eigenvalue weighted by Gasteiger charge is 2.22. The minimum absolute atomic E-state index is 0.193. The SMILES string of the molecule is CC(=O)Oc1c(C(C)C)cc(-c2cc(C(C)C)c(OC=O)c(C(C)C)c2)cc1C(C)C. The second-order valence-electron chi connectivity index (χ2n) is 9.39. The van der Waals surface area contributed by atoms with E-state index in [4.69, 9.17) is 9.47 Å². The van der Waals surface area contributed by atoms with Crippen LogP contribution < -0.4 is 9.47 Å². The first-order chi connectivity index (χ1) is 14.5. The van der Waals surface area contributed by atoms with Gasteiger partial charge in [0.25, 0.3) is 6.47 Å². The van der Waals surface area contributed by atoms with Gasteiger partial charge in [-0.25, -0.2) is 0 Å². The van der Waals surface area contributed by atoms with Gasteiger partial charge < -0.3 is 9.47 Å². The van der Waals surface area contributed by atoms with Crippen molar-refractivity contribution in [3.8, 4) is 22.6 Å². The van der Waals surface area contributed by atoms with Gasteiger partial charge in [0.05, 0.1) is 0 Å². The van der Waals surface area contributed by atoms with Gasteiger partial charge in [-0.2, -0.15) is 0 Å². The summed E-state index contributed by atoms with van der Waals surface area (Å²) in [4.78, 5) is 23.0. The minimum Gasteiger partial charge on any atom is -0.428 e. The van der Waals surface area contributed by atoms with Crippen molar-refractivity contribution in [1.82, 2.24) is 0 Å². The zero-order valence-corrected chi connectivity index (χ0v) is 20.3. The molecule has 0 unspecified atom stereocenters. The quantitative estimate of drug-likeness (QED) is 0.253. The Morgan fingerprint density at radius 1 is 0.677 bits per heavy atom. The fourth-order valence-electron chi connectivity index (χ4n) is 3.84. The van der Waals surface area contributed by atoms with Gasteiger partial charge in [-0.1, -0.05) is 55.4 Å². The number of carbonyl (C=O) groups excluding carboxylic acids is 2. The summed E-state index contributed by atoms with van der Waals surface area (Å²) in [6.07, 6.45) is 0. The highest BCUT2D eigenvalue weighted by molar-refractivity contribution is 5.75. The molecule has 0 atom stereocenters. The average Bonchev–Trinajstić information content (AvgIpc) is 2.67. The summed E-state index contributed by atoms with van der Waals surface area (Å²) in [7, 11) is 0. The normalized spacial score (nSPS) is 11.5. The Labute approximate surface area is 187 Å². The van der Waals surface area contributed by atoms with Crippen LogP contribution >= 0.6 is 0 Å². The molecule has 31 heavy (non-hydrogen) atoms. The van der Waals surface area contributed by atoms with Crippen molar-refractivity contribution < 1.29 is 19.1 Å². The number of rotatable bonds is 8. The molecule has 168 valence electrons. The molecule has 0 aliphatic heterocycles. The molecule has 0 aliphatic carbocycles. The zero-order valence-electron chi connectivity index (χ0n) is 20.3. The minimum atomic E-state index is -0.309. The summed E-state index contributed by atoms with van der Waals surface area (Å²) in [5.41, 5.74) is 6.20. The van der Waals surface area contributed by atoms with Crippen molar-refractivity contribution >= 4 is 12.4 Å². The van der Waals surface area contributed by atoms with Gasteiger partial charge in [0.1, 0.15) is 11.5 Å². The van der Waals surface area contributed by atoms with Crippen LogP contribution in [-0.4, -0.2) is 12.4 Å². The summed E-state index contributed by atoms with van der Waals surface area (Å²) < 4.78 is 11.1. The predicted octanol–water partition coefficient (Wildman–Crippen LogP) is 7.31. The molecular formula is C27H36O4. The van der Waals surface area contributed by atoms with E-state index >= 15 is 0 Å². The van der Waals surface area contributed by atoms with E-state index in [2.05, 4.69) is 79.7 Å². The maximum atomic E-state index is 11.8. The van der Waals surface area contributed by atoms with Crippen LogP contribution in [0.5, 0.6) is 11.5 Å². The van der Waals surface area contributed by atoms with Crippen LogP contribution in [0.2, 0.25) is 0 Å². The van der Waals surface area contributed by atoms with E-state index in [9.17, 15) is 9.59 Å². The summed E-state index contributed by atoms with van der Waals surface area (Å²) in [5.74, 6) is 1.81. The molecule has 0 heterocycles. The molecule has 0 radical (unpaired) electrons. The van der Waals surface area contributed by atoms with Crippen LogP contribution in [0.25, 0.3) is 11.1 Å². The van der Waals surface area contributed by atoms with Crippen LogP contribution in [0.15, 0.2) is 24.3 Å². The van der Waals surface area contributed by atoms with E-state index in [1.807, 2.05) is 0 Å². The lowest BCUT2D eigenvalue weighted by Crippen LogP contribution is -2.09. The molecule has 4 nitrogen and oxygen atoms in total. The third-order valence-corrected chi connectivity index (χ3v) is 5.53. The molecule has 0 aliphatic rings. The first-order valence-corrected chi connectivity index (χ1v) is 11.1. The van der Waals surface area contributed by atoms with Gasteiger partial charge >= 0.3 is 5.97 Å². The first kappa shape index (κ1) is 24.6. The highest BCUT2D eigenvalue weighted by atomic mass is 16.5. The van der Waals surface area contributed by atoms with Crippen LogP contribution in [0.1, 0.15) is 108 Å². The van der Waals surface area contributed by atoms with Crippen molar-refractivity contribution in [2.45, 2.75) is 86.0 Å². The van der Waals surface area contributed by atoms with E-state index in [0.29, 0.717) is 18.0 Å². The fraction of sp³-hybridized carbons (Fsp3) is 0.481. The Bertz CT molecular complexity index is 894. The van der Waals surface area contributed by atoms with E-state index in [0.717, 1.165) is 33.4 Å². The van der Waals surface area contributed by atoms with Crippen molar-refractivity contribution in [3.05, 3.63) is 46.5 Å². The number of carbonyl (C=O) groups is 2. The standard InChI is InChI=1S/C27H36O4/c1-15(2)22-10-20(11-23(16(3)4)26(22)30-14-28)21-12-24(17(5)6)27(31-19(9)29)25(13-21)18(7)8/h10-18H,1-9H3. The zero-order chi connectivity index (χ0) is 23.5. The van der Waals surface area contributed by atoms with E-state index in [1.165, 1.54) is 6.92 Å². The lowest BCUT2D eigenvalue weighted by Gasteiger charge is -2.23. The van der Waals surface area contributed by atoms with Crippen molar-refractivity contribution in [2.24, 2.45) is 0 Å². The Morgan fingerprint density at radius 2 is 1.00 bits per heavy atom. The predicted molar refractivity (Wildman–Crippen MR) is 126 cm³/mol. The number of hydrogen-bond acceptors (Lipinski definition) is 4. The molecule has 0 aromatic heterocycles. The van der Waals surface area contributed by atoms with Crippen molar-refractivity contribution in [2.75, 3.05) is 0 Å². The highest BCUT2D eigenvalue weighted by Crippen LogP contribution is 2.42. The number of benzene rings is 2. The van der Waals surface area contributed by atoms with E-state index in [-0.39, 0.29) is 29.6 Å². The molecular weight excluding hydrogens is 388 g/mol. The van der Waals surface area contributed by atoms with Crippen LogP contribution in [0.3, 0.4) is 0 Å². The summed E-state index contributed by atoms with van der Waals surface area (Å²) >= 11 is 0. The monoisotopic (exact) mass is 424 g/mol. The third kappa shape index (κ3) is 5.55. The molecule has 0 bridgehead atoms. The van der Waals surface area contributed by atoms with Crippen LogP contribution in [0.4, 0.5) is 0 Å². The first-order valence-electron chi connectivity index (χ1n) is 11.1. The Morgan fingerprint density at radius 3 is 1.26 bits per heavy atom.